The first-order valence-corrected chi connectivity index (χ1v) is 5.75. The van der Waals surface area contributed by atoms with E-state index in [4.69, 9.17) is 9.66 Å². The molecule has 1 atom stereocenters. The predicted molar refractivity (Wildman–Crippen MR) is 49.3 cm³/mol. The molecule has 0 bridgehead atoms. The molecule has 1 unspecified atom stereocenters. The van der Waals surface area contributed by atoms with Crippen LogP contribution in [0.1, 0.15) is 32.6 Å². The molecule has 0 aromatic carbocycles. The Morgan fingerprint density at radius 2 is 2.07 bits per heavy atom. The maximum Gasteiger partial charge on any atom is 0.424 e. The third-order valence-corrected chi connectivity index (χ3v) is 1.88. The predicted octanol–water partition coefficient (Wildman–Crippen LogP) is 0.771. The van der Waals surface area contributed by atoms with Crippen LogP contribution < -0.4 is 0 Å². The lowest BCUT2D eigenvalue weighted by Crippen LogP contribution is -2.16. The maximum atomic E-state index is 10.2. The number of carboxylic acids is 1. The van der Waals surface area contributed by atoms with Crippen LogP contribution in [0, 0.1) is 0 Å². The molecule has 0 aromatic heterocycles. The molecule has 0 aliphatic rings. The van der Waals surface area contributed by atoms with Crippen LogP contribution in [0.2, 0.25) is 0 Å². The van der Waals surface area contributed by atoms with E-state index in [9.17, 15) is 13.2 Å². The molecule has 0 aliphatic carbocycles. The number of hydrogen-bond donors (Lipinski definition) is 2. The molecule has 0 radical (unpaired) electrons. The van der Waals surface area contributed by atoms with Gasteiger partial charge in [-0.25, -0.2) is 4.89 Å². The van der Waals surface area contributed by atoms with E-state index in [-0.39, 0.29) is 6.42 Å². The van der Waals surface area contributed by atoms with Crippen LogP contribution in [-0.4, -0.2) is 30.2 Å². The van der Waals surface area contributed by atoms with Crippen LogP contribution in [0.5, 0.6) is 0 Å². The van der Waals surface area contributed by atoms with E-state index in [2.05, 4.69) is 9.22 Å². The normalized spacial score (nSPS) is 13.7. The summed E-state index contributed by atoms with van der Waals surface area (Å²) < 4.78 is 32.2. The summed E-state index contributed by atoms with van der Waals surface area (Å²) >= 11 is 0. The average Bonchev–Trinajstić information content (AvgIpc) is 2.08. The molecule has 8 heteroatoms. The van der Waals surface area contributed by atoms with Crippen molar-refractivity contribution in [2.45, 2.75) is 38.7 Å². The van der Waals surface area contributed by atoms with Crippen molar-refractivity contribution in [2.24, 2.45) is 0 Å². The molecule has 15 heavy (non-hydrogen) atoms. The minimum Gasteiger partial charge on any atom is -0.481 e. The molecule has 2 N–H and O–H groups in total. The lowest BCUT2D eigenvalue weighted by molar-refractivity contribution is -0.248. The lowest BCUT2D eigenvalue weighted by atomic mass is 10.1. The Kier molecular flexibility index (Phi) is 6.41. The molecule has 90 valence electrons. The van der Waals surface area contributed by atoms with Gasteiger partial charge in [-0.15, -0.1) is 0 Å². The van der Waals surface area contributed by atoms with Crippen molar-refractivity contribution in [2.75, 3.05) is 0 Å². The Morgan fingerprint density at radius 3 is 2.47 bits per heavy atom. The van der Waals surface area contributed by atoms with E-state index >= 15 is 0 Å². The first-order chi connectivity index (χ1) is 6.85. The Balaban J connectivity index is 3.78. The Labute approximate surface area is 87.9 Å². The maximum absolute atomic E-state index is 10.2. The van der Waals surface area contributed by atoms with Gasteiger partial charge in [0.25, 0.3) is 0 Å². The van der Waals surface area contributed by atoms with Gasteiger partial charge in [0, 0.05) is 6.42 Å². The van der Waals surface area contributed by atoms with Crippen LogP contribution in [-0.2, 0) is 24.4 Å². The van der Waals surface area contributed by atoms with Gasteiger partial charge in [-0.05, 0) is 19.3 Å². The zero-order chi connectivity index (χ0) is 11.9. The van der Waals surface area contributed by atoms with Crippen LogP contribution >= 0.6 is 0 Å². The van der Waals surface area contributed by atoms with Gasteiger partial charge in [-0.3, -0.25) is 9.35 Å². The highest BCUT2D eigenvalue weighted by Crippen LogP contribution is 2.10. The lowest BCUT2D eigenvalue weighted by Gasteiger charge is -2.11. The number of carboxylic acid groups (broad SMARTS) is 1. The van der Waals surface area contributed by atoms with Crippen molar-refractivity contribution in [3.63, 3.8) is 0 Å². The van der Waals surface area contributed by atoms with E-state index in [1.807, 2.05) is 0 Å². The minimum absolute atomic E-state index is 0.0221. The van der Waals surface area contributed by atoms with E-state index in [1.54, 1.807) is 6.92 Å². The van der Waals surface area contributed by atoms with Crippen LogP contribution in [0.25, 0.3) is 0 Å². The van der Waals surface area contributed by atoms with E-state index in [0.29, 0.717) is 19.3 Å². The molecule has 7 nitrogen and oxygen atoms in total. The Bertz CT molecular complexity index is 284. The average molecular weight is 242 g/mol. The number of hydrogen-bond acceptors (Lipinski definition) is 5. The van der Waals surface area contributed by atoms with Gasteiger partial charge in [0.05, 0.1) is 6.10 Å². The Hall–Kier alpha value is -0.700. The van der Waals surface area contributed by atoms with Crippen LogP contribution in [0.4, 0.5) is 0 Å². The van der Waals surface area contributed by atoms with Gasteiger partial charge in [-0.2, -0.15) is 8.42 Å². The first-order valence-electron chi connectivity index (χ1n) is 4.39. The van der Waals surface area contributed by atoms with Crippen molar-refractivity contribution in [1.29, 1.82) is 0 Å². The molecular formula is C7H14O7S. The fourth-order valence-electron chi connectivity index (χ4n) is 0.906. The molecule has 0 rings (SSSR count). The summed E-state index contributed by atoms with van der Waals surface area (Å²) in [5.41, 5.74) is 0. The third kappa shape index (κ3) is 9.60. The minimum atomic E-state index is -4.61. The highest BCUT2D eigenvalue weighted by atomic mass is 32.3. The fourth-order valence-corrected chi connectivity index (χ4v) is 1.12. The quantitative estimate of drug-likeness (QED) is 0.367. The van der Waals surface area contributed by atoms with Crippen molar-refractivity contribution >= 4 is 16.4 Å². The molecule has 0 aromatic rings. The van der Waals surface area contributed by atoms with Gasteiger partial charge >= 0.3 is 16.4 Å². The summed E-state index contributed by atoms with van der Waals surface area (Å²) in [7, 11) is -4.61. The second-order valence-corrected chi connectivity index (χ2v) is 3.90. The largest absolute Gasteiger partial charge is 0.481 e. The van der Waals surface area contributed by atoms with Gasteiger partial charge in [0.15, 0.2) is 0 Å². The zero-order valence-corrected chi connectivity index (χ0v) is 9.07. The molecule has 0 heterocycles. The van der Waals surface area contributed by atoms with E-state index < -0.39 is 22.5 Å². The van der Waals surface area contributed by atoms with Gasteiger partial charge in [-0.1, -0.05) is 11.3 Å². The van der Waals surface area contributed by atoms with Gasteiger partial charge in [0.1, 0.15) is 0 Å². The SMILES string of the molecule is CCC(CCCC(=O)O)OOS(=O)(=O)O. The first kappa shape index (κ1) is 14.3. The topological polar surface area (TPSA) is 110 Å². The highest BCUT2D eigenvalue weighted by molar-refractivity contribution is 7.80. The summed E-state index contributed by atoms with van der Waals surface area (Å²) in [5.74, 6) is -0.930. The van der Waals surface area contributed by atoms with Crippen molar-refractivity contribution < 1.29 is 32.1 Å². The van der Waals surface area contributed by atoms with E-state index in [1.165, 1.54) is 0 Å². The summed E-state index contributed by atoms with van der Waals surface area (Å²) in [6.45, 7) is 1.72. The van der Waals surface area contributed by atoms with Crippen molar-refractivity contribution in [3.8, 4) is 0 Å². The second-order valence-electron chi connectivity index (χ2n) is 2.91. The van der Waals surface area contributed by atoms with Gasteiger partial charge < -0.3 is 5.11 Å². The fraction of sp³-hybridized carbons (Fsp3) is 0.857. The third-order valence-electron chi connectivity index (χ3n) is 1.63. The monoisotopic (exact) mass is 242 g/mol. The zero-order valence-electron chi connectivity index (χ0n) is 8.25. The second kappa shape index (κ2) is 6.72. The molecule has 0 saturated carbocycles. The van der Waals surface area contributed by atoms with Crippen molar-refractivity contribution in [3.05, 3.63) is 0 Å². The summed E-state index contributed by atoms with van der Waals surface area (Å²) in [6, 6.07) is 0. The molecule has 0 fully saturated rings. The highest BCUT2D eigenvalue weighted by Gasteiger charge is 2.13. The number of aliphatic carboxylic acids is 1. The van der Waals surface area contributed by atoms with Gasteiger partial charge in [0.2, 0.25) is 0 Å². The Morgan fingerprint density at radius 1 is 1.47 bits per heavy atom. The standard InChI is InChI=1S/C7H14O7S/c1-2-6(4-3-5-7(8)9)13-14-15(10,11)12/h6H,2-5H2,1H3,(H,8,9)(H,10,11,12). The number of rotatable bonds is 8. The van der Waals surface area contributed by atoms with Crippen LogP contribution in [0.3, 0.4) is 0 Å². The number of carbonyl (C=O) groups is 1. The van der Waals surface area contributed by atoms with Crippen LogP contribution in [0.15, 0.2) is 0 Å². The molecule has 0 aliphatic heterocycles. The summed E-state index contributed by atoms with van der Waals surface area (Å²) in [4.78, 5) is 14.6. The summed E-state index contributed by atoms with van der Waals surface area (Å²) in [6.07, 6.45) is 0.577. The molecule has 0 saturated heterocycles. The smallest absolute Gasteiger partial charge is 0.424 e. The van der Waals surface area contributed by atoms with E-state index in [0.717, 1.165) is 0 Å². The molecule has 0 amide bonds. The molecular weight excluding hydrogens is 228 g/mol. The van der Waals surface area contributed by atoms with Crippen molar-refractivity contribution in [1.82, 2.24) is 0 Å². The molecule has 0 spiro atoms. The summed E-state index contributed by atoms with van der Waals surface area (Å²) in [5, 5.41) is 8.35.